The van der Waals surface area contributed by atoms with Gasteiger partial charge in [-0.3, -0.25) is 14.5 Å². The first-order valence-electron chi connectivity index (χ1n) is 11.8. The molecule has 2 aliphatic rings. The number of carbonyl (C=O) groups is 2. The molecular formula is C26H29N5O2S. The molecule has 0 radical (unpaired) electrons. The molecule has 0 spiro atoms. The molecule has 7 nitrogen and oxygen atoms in total. The van der Waals surface area contributed by atoms with E-state index in [1.54, 1.807) is 17.4 Å². The molecule has 5 rings (SSSR count). The van der Waals surface area contributed by atoms with Crippen molar-refractivity contribution in [2.24, 2.45) is 0 Å². The van der Waals surface area contributed by atoms with Crippen LogP contribution in [0.4, 0.5) is 0 Å². The second-order valence-electron chi connectivity index (χ2n) is 8.71. The highest BCUT2D eigenvalue weighted by atomic mass is 32.1. The molecule has 0 saturated carbocycles. The first-order valence-corrected chi connectivity index (χ1v) is 12.7. The van der Waals surface area contributed by atoms with E-state index in [1.165, 1.54) is 0 Å². The van der Waals surface area contributed by atoms with Gasteiger partial charge in [0.2, 0.25) is 11.8 Å². The summed E-state index contributed by atoms with van der Waals surface area (Å²) in [4.78, 5) is 32.4. The van der Waals surface area contributed by atoms with Gasteiger partial charge in [-0.1, -0.05) is 24.3 Å². The smallest absolute Gasteiger partial charge is 0.246 e. The Morgan fingerprint density at radius 1 is 0.912 bits per heavy atom. The van der Waals surface area contributed by atoms with Crippen molar-refractivity contribution in [3.8, 4) is 16.3 Å². The van der Waals surface area contributed by atoms with Crippen LogP contribution in [-0.4, -0.2) is 82.1 Å². The maximum atomic E-state index is 12.9. The summed E-state index contributed by atoms with van der Waals surface area (Å²) in [5.74, 6) is 0.212. The number of rotatable bonds is 6. The number of amides is 2. The van der Waals surface area contributed by atoms with Crippen molar-refractivity contribution in [2.75, 3.05) is 45.8 Å². The summed E-state index contributed by atoms with van der Waals surface area (Å²) in [5.41, 5.74) is 2.76. The minimum atomic E-state index is -0.00453. The Kier molecular flexibility index (Phi) is 6.87. The van der Waals surface area contributed by atoms with Gasteiger partial charge in [-0.2, -0.15) is 5.10 Å². The third-order valence-electron chi connectivity index (χ3n) is 6.42. The highest BCUT2D eigenvalue weighted by Gasteiger charge is 2.24. The minimum absolute atomic E-state index is 0.00453. The second kappa shape index (κ2) is 10.4. The first-order chi connectivity index (χ1) is 16.7. The molecule has 2 saturated heterocycles. The van der Waals surface area contributed by atoms with Gasteiger partial charge in [0.15, 0.2) is 0 Å². The quantitative estimate of drug-likeness (QED) is 0.513. The van der Waals surface area contributed by atoms with Crippen molar-refractivity contribution in [1.29, 1.82) is 0 Å². The lowest BCUT2D eigenvalue weighted by Crippen LogP contribution is -2.51. The van der Waals surface area contributed by atoms with E-state index in [-0.39, 0.29) is 11.8 Å². The fourth-order valence-corrected chi connectivity index (χ4v) is 5.21. The number of aromatic nitrogens is 2. The van der Waals surface area contributed by atoms with E-state index in [1.807, 2.05) is 74.6 Å². The lowest BCUT2D eigenvalue weighted by Gasteiger charge is -2.34. The van der Waals surface area contributed by atoms with Gasteiger partial charge < -0.3 is 9.80 Å². The largest absolute Gasteiger partial charge is 0.342 e. The maximum Gasteiger partial charge on any atom is 0.246 e. The molecule has 0 bridgehead atoms. The fourth-order valence-electron chi connectivity index (χ4n) is 4.48. The van der Waals surface area contributed by atoms with E-state index < -0.39 is 0 Å². The van der Waals surface area contributed by atoms with E-state index in [9.17, 15) is 9.59 Å². The minimum Gasteiger partial charge on any atom is -0.342 e. The third kappa shape index (κ3) is 5.13. The van der Waals surface area contributed by atoms with Crippen molar-refractivity contribution < 1.29 is 9.59 Å². The van der Waals surface area contributed by atoms with Crippen LogP contribution in [0.1, 0.15) is 18.4 Å². The molecule has 34 heavy (non-hydrogen) atoms. The van der Waals surface area contributed by atoms with Gasteiger partial charge >= 0.3 is 0 Å². The number of hydrogen-bond donors (Lipinski definition) is 0. The molecule has 1 aromatic carbocycles. The molecule has 2 aromatic heterocycles. The van der Waals surface area contributed by atoms with Crippen LogP contribution >= 0.6 is 11.3 Å². The van der Waals surface area contributed by atoms with Gasteiger partial charge in [-0.25, -0.2) is 4.68 Å². The lowest BCUT2D eigenvalue weighted by molar-refractivity contribution is -0.132. The number of piperazine rings is 1. The monoisotopic (exact) mass is 475 g/mol. The van der Waals surface area contributed by atoms with Gasteiger partial charge in [0.25, 0.3) is 0 Å². The van der Waals surface area contributed by atoms with Crippen LogP contribution in [0.15, 0.2) is 60.1 Å². The molecule has 3 aromatic rings. The number of nitrogens with zero attached hydrogens (tertiary/aromatic N) is 5. The highest BCUT2D eigenvalue weighted by Crippen LogP contribution is 2.28. The summed E-state index contributed by atoms with van der Waals surface area (Å²) in [6.07, 6.45) is 7.70. The Morgan fingerprint density at radius 3 is 2.38 bits per heavy atom. The van der Waals surface area contributed by atoms with E-state index in [0.717, 1.165) is 60.8 Å². The van der Waals surface area contributed by atoms with Gasteiger partial charge in [-0.05, 0) is 42.5 Å². The number of benzene rings is 1. The molecule has 0 unspecified atom stereocenters. The second-order valence-corrected chi connectivity index (χ2v) is 9.66. The predicted molar refractivity (Wildman–Crippen MR) is 135 cm³/mol. The molecule has 4 heterocycles. The molecule has 0 N–H and O–H groups in total. The zero-order chi connectivity index (χ0) is 23.3. The third-order valence-corrected chi connectivity index (χ3v) is 7.30. The molecule has 176 valence electrons. The Labute approximate surface area is 203 Å². The van der Waals surface area contributed by atoms with Gasteiger partial charge in [0.1, 0.15) is 5.69 Å². The average Bonchev–Trinajstić information content (AvgIpc) is 3.65. The van der Waals surface area contributed by atoms with Crippen molar-refractivity contribution in [1.82, 2.24) is 24.5 Å². The Balaban J connectivity index is 1.23. The highest BCUT2D eigenvalue weighted by molar-refractivity contribution is 7.13. The molecule has 2 amide bonds. The summed E-state index contributed by atoms with van der Waals surface area (Å²) in [7, 11) is 0. The summed E-state index contributed by atoms with van der Waals surface area (Å²) in [6.45, 7) is 4.96. The standard InChI is InChI=1S/C26H29N5O2S/c32-24(30-16-14-28(15-17-30)20-25(33)29-12-4-5-13-29)11-10-21-19-31(22-7-2-1-3-8-22)27-26(21)23-9-6-18-34-23/h1-3,6-11,18-19H,4-5,12-17,20H2. The zero-order valence-electron chi connectivity index (χ0n) is 19.2. The van der Waals surface area contributed by atoms with E-state index in [4.69, 9.17) is 5.10 Å². The number of carbonyl (C=O) groups excluding carboxylic acids is 2. The number of para-hydroxylation sites is 1. The van der Waals surface area contributed by atoms with Gasteiger partial charge in [0, 0.05) is 57.1 Å². The summed E-state index contributed by atoms with van der Waals surface area (Å²) in [5, 5.41) is 6.82. The van der Waals surface area contributed by atoms with Crippen LogP contribution in [0, 0.1) is 0 Å². The number of thiophene rings is 1. The lowest BCUT2D eigenvalue weighted by atomic mass is 10.2. The van der Waals surface area contributed by atoms with Crippen LogP contribution in [0.3, 0.4) is 0 Å². The zero-order valence-corrected chi connectivity index (χ0v) is 20.0. The Hall–Kier alpha value is -3.23. The molecule has 0 atom stereocenters. The van der Waals surface area contributed by atoms with E-state index in [0.29, 0.717) is 19.6 Å². The average molecular weight is 476 g/mol. The van der Waals surface area contributed by atoms with E-state index in [2.05, 4.69) is 4.90 Å². The van der Waals surface area contributed by atoms with E-state index >= 15 is 0 Å². The van der Waals surface area contributed by atoms with Crippen LogP contribution in [-0.2, 0) is 9.59 Å². The Morgan fingerprint density at radius 2 is 1.68 bits per heavy atom. The van der Waals surface area contributed by atoms with Crippen molar-refractivity contribution in [2.45, 2.75) is 12.8 Å². The van der Waals surface area contributed by atoms with Gasteiger partial charge in [-0.15, -0.1) is 11.3 Å². The van der Waals surface area contributed by atoms with Crippen LogP contribution in [0.25, 0.3) is 22.3 Å². The fraction of sp³-hybridized carbons (Fsp3) is 0.346. The van der Waals surface area contributed by atoms with Gasteiger partial charge in [0.05, 0.1) is 17.1 Å². The SMILES string of the molecule is O=C(C=Cc1cn(-c2ccccc2)nc1-c1cccs1)N1CCN(CC(=O)N2CCCC2)CC1. The summed E-state index contributed by atoms with van der Waals surface area (Å²) >= 11 is 1.63. The molecule has 2 fully saturated rings. The number of hydrogen-bond acceptors (Lipinski definition) is 5. The maximum absolute atomic E-state index is 12.9. The topological polar surface area (TPSA) is 61.7 Å². The Bertz CT molecular complexity index is 1140. The van der Waals surface area contributed by atoms with Crippen molar-refractivity contribution in [3.05, 3.63) is 65.7 Å². The normalized spacial score (nSPS) is 17.1. The van der Waals surface area contributed by atoms with Crippen molar-refractivity contribution in [3.63, 3.8) is 0 Å². The number of likely N-dealkylation sites (tertiary alicyclic amines) is 1. The molecule has 2 aliphatic heterocycles. The summed E-state index contributed by atoms with van der Waals surface area (Å²) in [6, 6.07) is 14.0. The first kappa shape index (κ1) is 22.6. The molecule has 8 heteroatoms. The molecular weight excluding hydrogens is 446 g/mol. The predicted octanol–water partition coefficient (Wildman–Crippen LogP) is 3.38. The van der Waals surface area contributed by atoms with Crippen LogP contribution in [0.5, 0.6) is 0 Å². The van der Waals surface area contributed by atoms with Crippen molar-refractivity contribution >= 4 is 29.2 Å². The van der Waals surface area contributed by atoms with Crippen LogP contribution in [0.2, 0.25) is 0 Å². The summed E-state index contributed by atoms with van der Waals surface area (Å²) < 4.78 is 1.86. The molecule has 0 aliphatic carbocycles. The van der Waals surface area contributed by atoms with Crippen LogP contribution < -0.4 is 0 Å².